The quantitative estimate of drug-likeness (QED) is 0.613. The minimum atomic E-state index is -0.138. The van der Waals surface area contributed by atoms with Gasteiger partial charge >= 0.3 is 0 Å². The molecule has 0 radical (unpaired) electrons. The summed E-state index contributed by atoms with van der Waals surface area (Å²) in [6.45, 7) is 0. The maximum atomic E-state index is 13.2. The summed E-state index contributed by atoms with van der Waals surface area (Å²) in [5.74, 6) is -0.138. The summed E-state index contributed by atoms with van der Waals surface area (Å²) in [6.07, 6.45) is 0. The van der Waals surface area contributed by atoms with E-state index in [1.54, 1.807) is 6.07 Å². The summed E-state index contributed by atoms with van der Waals surface area (Å²) in [4.78, 5) is 0. The summed E-state index contributed by atoms with van der Waals surface area (Å²) in [5.41, 5.74) is 0. The van der Waals surface area contributed by atoms with Crippen LogP contribution in [0.5, 0.6) is 0 Å². The number of rotatable bonds is 0. The molecule has 0 amide bonds. The minimum absolute atomic E-state index is 0.138. The van der Waals surface area contributed by atoms with E-state index in [0.717, 1.165) is 17.4 Å². The number of fused-ring (bicyclic) bond motifs is 1. The highest BCUT2D eigenvalue weighted by Crippen LogP contribution is 2.34. The van der Waals surface area contributed by atoms with Gasteiger partial charge in [0.15, 0.2) is 0 Å². The van der Waals surface area contributed by atoms with Crippen molar-refractivity contribution in [2.75, 3.05) is 0 Å². The maximum absolute atomic E-state index is 13.2. The number of thiophene rings is 1. The van der Waals surface area contributed by atoms with Crippen molar-refractivity contribution in [3.63, 3.8) is 0 Å². The Kier molecular flexibility index (Phi) is 2.39. The monoisotopic (exact) mass is 356 g/mol. The van der Waals surface area contributed by atoms with E-state index in [9.17, 15) is 4.39 Å². The SMILES string of the molecule is Fc1ccc(I)c2cc(Br)sc12. The van der Waals surface area contributed by atoms with Gasteiger partial charge in [0, 0.05) is 8.96 Å². The van der Waals surface area contributed by atoms with Crippen LogP contribution in [0.25, 0.3) is 10.1 Å². The van der Waals surface area contributed by atoms with Crippen LogP contribution in [-0.4, -0.2) is 0 Å². The number of hydrogen-bond donors (Lipinski definition) is 0. The molecule has 0 saturated carbocycles. The fraction of sp³-hybridized carbons (Fsp3) is 0. The fourth-order valence-corrected chi connectivity index (χ4v) is 3.35. The van der Waals surface area contributed by atoms with Gasteiger partial charge in [0.25, 0.3) is 0 Å². The molecule has 0 saturated heterocycles. The number of halogens is 3. The van der Waals surface area contributed by atoms with E-state index in [2.05, 4.69) is 38.5 Å². The van der Waals surface area contributed by atoms with Gasteiger partial charge in [-0.25, -0.2) is 4.39 Å². The molecule has 0 atom stereocenters. The first-order valence-electron chi connectivity index (χ1n) is 3.21. The molecule has 0 bridgehead atoms. The predicted octanol–water partition coefficient (Wildman–Crippen LogP) is 4.41. The van der Waals surface area contributed by atoms with E-state index in [0.29, 0.717) is 0 Å². The highest BCUT2D eigenvalue weighted by Gasteiger charge is 2.07. The molecule has 12 heavy (non-hydrogen) atoms. The smallest absolute Gasteiger partial charge is 0.141 e. The predicted molar refractivity (Wildman–Crippen MR) is 62.2 cm³/mol. The van der Waals surface area contributed by atoms with Crippen molar-refractivity contribution in [3.05, 3.63) is 31.4 Å². The first kappa shape index (κ1) is 8.90. The summed E-state index contributed by atoms with van der Waals surface area (Å²) >= 11 is 6.98. The van der Waals surface area contributed by atoms with Crippen LogP contribution in [0.4, 0.5) is 4.39 Å². The van der Waals surface area contributed by atoms with E-state index >= 15 is 0 Å². The lowest BCUT2D eigenvalue weighted by Crippen LogP contribution is -1.75. The van der Waals surface area contributed by atoms with Crippen LogP contribution < -0.4 is 0 Å². The molecule has 2 rings (SSSR count). The van der Waals surface area contributed by atoms with E-state index in [1.165, 1.54) is 17.4 Å². The molecule has 0 aliphatic rings. The molecule has 0 fully saturated rings. The average molecular weight is 357 g/mol. The molecular formula is C8H3BrFIS. The van der Waals surface area contributed by atoms with E-state index < -0.39 is 0 Å². The van der Waals surface area contributed by atoms with Crippen molar-refractivity contribution >= 4 is 59.9 Å². The van der Waals surface area contributed by atoms with E-state index in [-0.39, 0.29) is 5.82 Å². The van der Waals surface area contributed by atoms with E-state index in [1.807, 2.05) is 6.07 Å². The van der Waals surface area contributed by atoms with Crippen LogP contribution in [0, 0.1) is 9.39 Å². The summed E-state index contributed by atoms with van der Waals surface area (Å²) < 4.78 is 16.0. The summed E-state index contributed by atoms with van der Waals surface area (Å²) in [7, 11) is 0. The van der Waals surface area contributed by atoms with Crippen LogP contribution >= 0.6 is 49.9 Å². The highest BCUT2D eigenvalue weighted by atomic mass is 127. The topological polar surface area (TPSA) is 0 Å². The normalized spacial score (nSPS) is 10.9. The zero-order valence-electron chi connectivity index (χ0n) is 5.77. The lowest BCUT2D eigenvalue weighted by molar-refractivity contribution is 0.641. The van der Waals surface area contributed by atoms with Gasteiger partial charge < -0.3 is 0 Å². The van der Waals surface area contributed by atoms with Crippen molar-refractivity contribution in [1.82, 2.24) is 0 Å². The second-order valence-electron chi connectivity index (χ2n) is 2.32. The highest BCUT2D eigenvalue weighted by molar-refractivity contribution is 14.1. The number of benzene rings is 1. The Hall–Kier alpha value is 0.320. The minimum Gasteiger partial charge on any atom is -0.205 e. The Morgan fingerprint density at radius 1 is 1.42 bits per heavy atom. The average Bonchev–Trinajstić information content (AvgIpc) is 2.41. The largest absolute Gasteiger partial charge is 0.205 e. The fourth-order valence-electron chi connectivity index (χ4n) is 1.03. The second-order valence-corrected chi connectivity index (χ2v) is 5.92. The van der Waals surface area contributed by atoms with Gasteiger partial charge in [-0.1, -0.05) is 0 Å². The van der Waals surface area contributed by atoms with Crippen molar-refractivity contribution in [2.24, 2.45) is 0 Å². The molecule has 1 heterocycles. The third-order valence-corrected chi connectivity index (χ3v) is 4.14. The summed E-state index contributed by atoms with van der Waals surface area (Å²) in [5, 5.41) is 0.993. The first-order valence-corrected chi connectivity index (χ1v) is 5.90. The van der Waals surface area contributed by atoms with Gasteiger partial charge in [0.2, 0.25) is 0 Å². The molecule has 2 aromatic rings. The van der Waals surface area contributed by atoms with Gasteiger partial charge in [-0.2, -0.15) is 0 Å². The summed E-state index contributed by atoms with van der Waals surface area (Å²) in [6, 6.07) is 5.25. The van der Waals surface area contributed by atoms with Gasteiger partial charge in [-0.05, 0) is 56.7 Å². The van der Waals surface area contributed by atoms with Crippen LogP contribution in [-0.2, 0) is 0 Å². The first-order chi connectivity index (χ1) is 5.68. The molecular weight excluding hydrogens is 354 g/mol. The van der Waals surface area contributed by atoms with Gasteiger partial charge in [0.1, 0.15) is 5.82 Å². The van der Waals surface area contributed by atoms with Gasteiger partial charge in [-0.15, -0.1) is 11.3 Å². The zero-order chi connectivity index (χ0) is 8.72. The van der Waals surface area contributed by atoms with Gasteiger partial charge in [-0.3, -0.25) is 0 Å². The maximum Gasteiger partial charge on any atom is 0.141 e. The van der Waals surface area contributed by atoms with Crippen LogP contribution in [0.15, 0.2) is 22.0 Å². The zero-order valence-corrected chi connectivity index (χ0v) is 10.3. The van der Waals surface area contributed by atoms with Crippen molar-refractivity contribution in [3.8, 4) is 0 Å². The molecule has 1 aromatic heterocycles. The molecule has 0 spiro atoms. The molecule has 1 aromatic carbocycles. The lowest BCUT2D eigenvalue weighted by Gasteiger charge is -1.93. The second kappa shape index (κ2) is 3.23. The lowest BCUT2D eigenvalue weighted by atomic mass is 10.3. The molecule has 0 unspecified atom stereocenters. The van der Waals surface area contributed by atoms with E-state index in [4.69, 9.17) is 0 Å². The molecule has 0 nitrogen and oxygen atoms in total. The van der Waals surface area contributed by atoms with Crippen LogP contribution in [0.2, 0.25) is 0 Å². The molecule has 62 valence electrons. The Morgan fingerprint density at radius 2 is 2.17 bits per heavy atom. The third-order valence-electron chi connectivity index (χ3n) is 1.55. The Morgan fingerprint density at radius 3 is 2.83 bits per heavy atom. The van der Waals surface area contributed by atoms with Gasteiger partial charge in [0.05, 0.1) is 8.49 Å². The Labute approximate surface area is 95.0 Å². The van der Waals surface area contributed by atoms with Crippen molar-refractivity contribution < 1.29 is 4.39 Å². The molecule has 0 aliphatic carbocycles. The number of hydrogen-bond acceptors (Lipinski definition) is 1. The van der Waals surface area contributed by atoms with Crippen molar-refractivity contribution in [1.29, 1.82) is 0 Å². The van der Waals surface area contributed by atoms with Crippen molar-refractivity contribution in [2.45, 2.75) is 0 Å². The molecule has 4 heteroatoms. The molecule has 0 aliphatic heterocycles. The standard InChI is InChI=1S/C8H3BrFIS/c9-7-3-4-6(11)2-1-5(10)8(4)12-7/h1-3H. The van der Waals surface area contributed by atoms with Crippen LogP contribution in [0.1, 0.15) is 0 Å². The third kappa shape index (κ3) is 1.40. The Balaban J connectivity index is 2.93. The Bertz CT molecular complexity index is 399. The van der Waals surface area contributed by atoms with Crippen LogP contribution in [0.3, 0.4) is 0 Å². The molecule has 0 N–H and O–H groups in total.